The highest BCUT2D eigenvalue weighted by atomic mass is 16.2. The lowest BCUT2D eigenvalue weighted by molar-refractivity contribution is -0.127. The zero-order valence-corrected chi connectivity index (χ0v) is 12.0. The summed E-state index contributed by atoms with van der Waals surface area (Å²) in [4.78, 5) is 12.4. The van der Waals surface area contributed by atoms with Gasteiger partial charge in [0, 0.05) is 6.54 Å². The number of carbonyl (C=O) groups excluding carboxylic acids is 1. The van der Waals surface area contributed by atoms with Gasteiger partial charge in [-0.15, -0.1) is 0 Å². The van der Waals surface area contributed by atoms with Gasteiger partial charge in [0.05, 0.1) is 5.54 Å². The lowest BCUT2D eigenvalue weighted by atomic mass is 9.91. The first-order valence-electron chi connectivity index (χ1n) is 7.25. The Morgan fingerprint density at radius 3 is 2.68 bits per heavy atom. The van der Waals surface area contributed by atoms with Crippen LogP contribution >= 0.6 is 0 Å². The van der Waals surface area contributed by atoms with Gasteiger partial charge in [-0.25, -0.2) is 0 Å². The van der Waals surface area contributed by atoms with Crippen LogP contribution in [-0.4, -0.2) is 18.0 Å². The minimum atomic E-state index is -0.320. The molecule has 1 aliphatic rings. The van der Waals surface area contributed by atoms with Crippen LogP contribution in [0.15, 0.2) is 24.3 Å². The van der Waals surface area contributed by atoms with Crippen molar-refractivity contribution < 1.29 is 4.79 Å². The summed E-state index contributed by atoms with van der Waals surface area (Å²) < 4.78 is 0. The summed E-state index contributed by atoms with van der Waals surface area (Å²) in [7, 11) is 0. The molecule has 3 nitrogen and oxygen atoms in total. The highest BCUT2D eigenvalue weighted by Gasteiger charge is 2.39. The monoisotopic (exact) mass is 260 g/mol. The van der Waals surface area contributed by atoms with Gasteiger partial charge in [-0.3, -0.25) is 4.79 Å². The van der Waals surface area contributed by atoms with E-state index in [0.29, 0.717) is 6.54 Å². The summed E-state index contributed by atoms with van der Waals surface area (Å²) in [5, 5.41) is 6.49. The molecule has 2 N–H and O–H groups in total. The van der Waals surface area contributed by atoms with Crippen molar-refractivity contribution in [3.05, 3.63) is 35.4 Å². The van der Waals surface area contributed by atoms with E-state index in [-0.39, 0.29) is 11.4 Å². The standard InChI is InChI=1S/C16H24N2O/c1-3-9-16(10-4-11-18-16)15(19)17-12-14-7-5-13(2)6-8-14/h5-8,18H,3-4,9-12H2,1-2H3,(H,17,19). The van der Waals surface area contributed by atoms with Crippen LogP contribution in [0.1, 0.15) is 43.7 Å². The number of aryl methyl sites for hydroxylation is 1. The molecule has 1 aromatic rings. The van der Waals surface area contributed by atoms with Gasteiger partial charge < -0.3 is 10.6 Å². The van der Waals surface area contributed by atoms with Crippen LogP contribution in [0.5, 0.6) is 0 Å². The lowest BCUT2D eigenvalue weighted by Crippen LogP contribution is -2.53. The molecule has 0 spiro atoms. The molecule has 1 fully saturated rings. The van der Waals surface area contributed by atoms with Crippen molar-refractivity contribution in [2.24, 2.45) is 0 Å². The van der Waals surface area contributed by atoms with Gasteiger partial charge in [-0.05, 0) is 38.3 Å². The highest BCUT2D eigenvalue weighted by Crippen LogP contribution is 2.25. The summed E-state index contributed by atoms with van der Waals surface area (Å²) in [6.07, 6.45) is 4.01. The minimum Gasteiger partial charge on any atom is -0.350 e. The van der Waals surface area contributed by atoms with Crippen LogP contribution in [0.3, 0.4) is 0 Å². The van der Waals surface area contributed by atoms with Crippen LogP contribution in [0.25, 0.3) is 0 Å². The largest absolute Gasteiger partial charge is 0.350 e. The van der Waals surface area contributed by atoms with Crippen molar-refractivity contribution in [3.63, 3.8) is 0 Å². The minimum absolute atomic E-state index is 0.160. The summed E-state index contributed by atoms with van der Waals surface area (Å²) in [6.45, 7) is 5.78. The molecule has 19 heavy (non-hydrogen) atoms. The van der Waals surface area contributed by atoms with E-state index in [1.54, 1.807) is 0 Å². The van der Waals surface area contributed by atoms with E-state index in [1.165, 1.54) is 5.56 Å². The van der Waals surface area contributed by atoms with E-state index in [0.717, 1.165) is 37.8 Å². The number of nitrogens with one attached hydrogen (secondary N) is 2. The van der Waals surface area contributed by atoms with Gasteiger partial charge in [0.1, 0.15) is 0 Å². The predicted molar refractivity (Wildman–Crippen MR) is 77.9 cm³/mol. The first kappa shape index (κ1) is 14.1. The molecule has 0 aliphatic carbocycles. The van der Waals surface area contributed by atoms with Crippen molar-refractivity contribution in [2.45, 2.75) is 51.6 Å². The van der Waals surface area contributed by atoms with E-state index in [1.807, 2.05) is 0 Å². The Balaban J connectivity index is 1.94. The molecule has 1 aromatic carbocycles. The zero-order valence-electron chi connectivity index (χ0n) is 12.0. The zero-order chi connectivity index (χ0) is 13.7. The van der Waals surface area contributed by atoms with Crippen LogP contribution in [-0.2, 0) is 11.3 Å². The fraction of sp³-hybridized carbons (Fsp3) is 0.562. The number of amides is 1. The molecule has 1 amide bonds. The molecule has 1 atom stereocenters. The maximum atomic E-state index is 12.4. The number of rotatable bonds is 5. The van der Waals surface area contributed by atoms with Crippen molar-refractivity contribution >= 4 is 5.91 Å². The van der Waals surface area contributed by atoms with Crippen LogP contribution in [0, 0.1) is 6.92 Å². The van der Waals surface area contributed by atoms with E-state index < -0.39 is 0 Å². The van der Waals surface area contributed by atoms with Crippen molar-refractivity contribution in [1.29, 1.82) is 0 Å². The topological polar surface area (TPSA) is 41.1 Å². The fourth-order valence-corrected chi connectivity index (χ4v) is 2.81. The first-order valence-corrected chi connectivity index (χ1v) is 7.25. The Hall–Kier alpha value is -1.35. The Labute approximate surface area is 115 Å². The summed E-state index contributed by atoms with van der Waals surface area (Å²) in [5.74, 6) is 0.160. The molecule has 0 aromatic heterocycles. The first-order chi connectivity index (χ1) is 9.16. The van der Waals surface area contributed by atoms with Crippen molar-refractivity contribution in [3.8, 4) is 0 Å². The van der Waals surface area contributed by atoms with Crippen molar-refractivity contribution in [1.82, 2.24) is 10.6 Å². The van der Waals surface area contributed by atoms with E-state index in [4.69, 9.17) is 0 Å². The molecule has 104 valence electrons. The summed E-state index contributed by atoms with van der Waals surface area (Å²) in [5.41, 5.74) is 2.08. The third-order valence-electron chi connectivity index (χ3n) is 3.93. The number of hydrogen-bond acceptors (Lipinski definition) is 2. The number of carbonyl (C=O) groups is 1. The summed E-state index contributed by atoms with van der Waals surface area (Å²) >= 11 is 0. The second-order valence-corrected chi connectivity index (χ2v) is 5.53. The predicted octanol–water partition coefficient (Wildman–Crippen LogP) is 2.53. The molecular formula is C16H24N2O. The van der Waals surface area contributed by atoms with Crippen LogP contribution < -0.4 is 10.6 Å². The Kier molecular flexibility index (Phi) is 4.59. The quantitative estimate of drug-likeness (QED) is 0.854. The Bertz CT molecular complexity index is 419. The number of benzene rings is 1. The molecule has 3 heteroatoms. The average Bonchev–Trinajstić information content (AvgIpc) is 2.88. The molecule has 0 bridgehead atoms. The second-order valence-electron chi connectivity index (χ2n) is 5.53. The molecular weight excluding hydrogens is 236 g/mol. The highest BCUT2D eigenvalue weighted by molar-refractivity contribution is 5.86. The molecule has 1 saturated heterocycles. The number of hydrogen-bond donors (Lipinski definition) is 2. The van der Waals surface area contributed by atoms with Crippen LogP contribution in [0.2, 0.25) is 0 Å². The molecule has 2 rings (SSSR count). The van der Waals surface area contributed by atoms with Gasteiger partial charge >= 0.3 is 0 Å². The molecule has 0 saturated carbocycles. The Morgan fingerprint density at radius 2 is 2.11 bits per heavy atom. The van der Waals surface area contributed by atoms with Gasteiger partial charge in [0.25, 0.3) is 0 Å². The molecule has 1 unspecified atom stereocenters. The van der Waals surface area contributed by atoms with Gasteiger partial charge in [-0.2, -0.15) is 0 Å². The molecule has 1 aliphatic heterocycles. The summed E-state index contributed by atoms with van der Waals surface area (Å²) in [6, 6.07) is 8.31. The molecule has 1 heterocycles. The third kappa shape index (κ3) is 3.35. The lowest BCUT2D eigenvalue weighted by Gasteiger charge is -2.27. The van der Waals surface area contributed by atoms with Gasteiger partial charge in [0.2, 0.25) is 5.91 Å². The van der Waals surface area contributed by atoms with E-state index >= 15 is 0 Å². The maximum Gasteiger partial charge on any atom is 0.240 e. The second kappa shape index (κ2) is 6.20. The SMILES string of the molecule is CCCC1(C(=O)NCc2ccc(C)cc2)CCCN1. The maximum absolute atomic E-state index is 12.4. The normalized spacial score (nSPS) is 22.4. The van der Waals surface area contributed by atoms with Gasteiger partial charge in [-0.1, -0.05) is 43.2 Å². The average molecular weight is 260 g/mol. The Morgan fingerprint density at radius 1 is 1.37 bits per heavy atom. The smallest absolute Gasteiger partial charge is 0.240 e. The third-order valence-corrected chi connectivity index (χ3v) is 3.93. The fourth-order valence-electron chi connectivity index (χ4n) is 2.81. The van der Waals surface area contributed by atoms with E-state index in [9.17, 15) is 4.79 Å². The van der Waals surface area contributed by atoms with Gasteiger partial charge in [0.15, 0.2) is 0 Å². The van der Waals surface area contributed by atoms with E-state index in [2.05, 4.69) is 48.7 Å². The van der Waals surface area contributed by atoms with Crippen molar-refractivity contribution in [2.75, 3.05) is 6.54 Å². The van der Waals surface area contributed by atoms with Crippen LogP contribution in [0.4, 0.5) is 0 Å². The molecule has 0 radical (unpaired) electrons.